The van der Waals surface area contributed by atoms with Crippen LogP contribution in [0.4, 0.5) is 21.9 Å². The van der Waals surface area contributed by atoms with Gasteiger partial charge in [-0.3, -0.25) is 14.4 Å². The maximum absolute atomic E-state index is 13.5. The molecule has 10 nitrogen and oxygen atoms in total. The second-order valence-electron chi connectivity index (χ2n) is 10.7. The van der Waals surface area contributed by atoms with Crippen LogP contribution in [0.2, 0.25) is 0 Å². The Kier molecular flexibility index (Phi) is 9.05. The lowest BCUT2D eigenvalue weighted by Crippen LogP contribution is -2.51. The number of anilines is 3. The number of urea groups is 1. The summed E-state index contributed by atoms with van der Waals surface area (Å²) in [6, 6.07) is 23.1. The number of nitrogens with zero attached hydrogens (tertiary/aromatic N) is 1. The summed E-state index contributed by atoms with van der Waals surface area (Å²) in [4.78, 5) is 52.5. The maximum atomic E-state index is 13.5. The van der Waals surface area contributed by atoms with E-state index in [0.29, 0.717) is 32.5 Å². The number of piperidine rings is 1. The molecule has 0 bridgehead atoms. The number of nitrogens with one attached hydrogen (secondary N) is 4. The molecule has 3 amide bonds. The Morgan fingerprint density at radius 2 is 1.63 bits per heavy atom. The normalized spacial score (nSPS) is 15.5. The van der Waals surface area contributed by atoms with Crippen LogP contribution in [0.3, 0.4) is 0 Å². The number of hydrogen-bond donors (Lipinski definition) is 5. The Morgan fingerprint density at radius 1 is 0.930 bits per heavy atom. The standard InChI is InChI=1S/C33H35N5O5/c1-2-25(22-13-7-4-8-14-22)36-27-28(31(41)30(27)40)37-26-17-9-16-24(29(26)39)32(42)38-18-10-15-23(20-38)35-33(43)34-19-21-11-5-3-6-12-21/h3-9,11-14,16-17,23,25,36-37,39H,2,10,15,18-20H2,1H3,(H2,34,35,43)/t23?,25-/m1/s1. The van der Waals surface area contributed by atoms with Gasteiger partial charge in [-0.1, -0.05) is 73.7 Å². The first kappa shape index (κ1) is 29.4. The van der Waals surface area contributed by atoms with Crippen LogP contribution < -0.4 is 32.1 Å². The summed E-state index contributed by atoms with van der Waals surface area (Å²) in [5.74, 6) is -0.715. The summed E-state index contributed by atoms with van der Waals surface area (Å²) in [7, 11) is 0. The van der Waals surface area contributed by atoms with E-state index in [2.05, 4.69) is 21.3 Å². The summed E-state index contributed by atoms with van der Waals surface area (Å²) < 4.78 is 0. The number of phenols is 1. The Morgan fingerprint density at radius 3 is 2.35 bits per heavy atom. The van der Waals surface area contributed by atoms with Gasteiger partial charge in [-0.05, 0) is 42.5 Å². The van der Waals surface area contributed by atoms with Crippen LogP contribution in [0.15, 0.2) is 88.5 Å². The van der Waals surface area contributed by atoms with Crippen molar-refractivity contribution in [3.63, 3.8) is 0 Å². The average molecular weight is 582 g/mol. The molecule has 1 fully saturated rings. The molecule has 0 aromatic heterocycles. The van der Waals surface area contributed by atoms with Crippen LogP contribution in [0.1, 0.15) is 53.7 Å². The van der Waals surface area contributed by atoms with Crippen LogP contribution >= 0.6 is 0 Å². The highest BCUT2D eigenvalue weighted by Crippen LogP contribution is 2.34. The predicted octanol–water partition coefficient (Wildman–Crippen LogP) is 4.40. The van der Waals surface area contributed by atoms with E-state index in [1.807, 2.05) is 67.6 Å². The van der Waals surface area contributed by atoms with Gasteiger partial charge in [0.25, 0.3) is 16.8 Å². The fraction of sp³-hybridized carbons (Fsp3) is 0.273. The van der Waals surface area contributed by atoms with Crippen molar-refractivity contribution in [1.82, 2.24) is 15.5 Å². The minimum absolute atomic E-state index is 0.0445. The molecule has 1 unspecified atom stereocenters. The molecule has 1 aliphatic rings. The van der Waals surface area contributed by atoms with Gasteiger partial charge in [-0.25, -0.2) is 4.79 Å². The smallest absolute Gasteiger partial charge is 0.315 e. The summed E-state index contributed by atoms with van der Waals surface area (Å²) in [6.07, 6.45) is 2.09. The zero-order valence-electron chi connectivity index (χ0n) is 23.9. The lowest BCUT2D eigenvalue weighted by molar-refractivity contribution is 0.0694. The molecular weight excluding hydrogens is 546 g/mol. The molecule has 2 atom stereocenters. The Hall–Kier alpha value is -5.12. The largest absolute Gasteiger partial charge is 0.505 e. The number of likely N-dealkylation sites (tertiary alicyclic amines) is 1. The Bertz CT molecular complexity index is 1650. The van der Waals surface area contributed by atoms with E-state index in [-0.39, 0.29) is 46.5 Å². The van der Waals surface area contributed by atoms with Crippen molar-refractivity contribution in [2.45, 2.75) is 44.8 Å². The number of rotatable bonds is 10. The Labute approximate surface area is 249 Å². The molecule has 1 aliphatic heterocycles. The van der Waals surface area contributed by atoms with Gasteiger partial charge >= 0.3 is 6.03 Å². The van der Waals surface area contributed by atoms with Gasteiger partial charge in [0, 0.05) is 25.7 Å². The first-order valence-corrected chi connectivity index (χ1v) is 14.5. The van der Waals surface area contributed by atoms with Crippen LogP contribution in [0.5, 0.6) is 5.75 Å². The third-order valence-corrected chi connectivity index (χ3v) is 7.70. The van der Waals surface area contributed by atoms with Crippen molar-refractivity contribution >= 4 is 29.0 Å². The van der Waals surface area contributed by atoms with Crippen molar-refractivity contribution in [3.05, 3.63) is 116 Å². The van der Waals surface area contributed by atoms with E-state index < -0.39 is 16.8 Å². The predicted molar refractivity (Wildman–Crippen MR) is 167 cm³/mol. The number of benzene rings is 3. The number of carbonyl (C=O) groups excluding carboxylic acids is 2. The van der Waals surface area contributed by atoms with Gasteiger partial charge in [0.15, 0.2) is 5.75 Å². The maximum Gasteiger partial charge on any atom is 0.315 e. The van der Waals surface area contributed by atoms with Gasteiger partial charge in [-0.2, -0.15) is 0 Å². The molecule has 222 valence electrons. The third kappa shape index (κ3) is 6.69. The minimum atomic E-state index is -0.697. The molecule has 0 radical (unpaired) electrons. The van der Waals surface area contributed by atoms with Crippen molar-refractivity contribution in [3.8, 4) is 5.75 Å². The van der Waals surface area contributed by atoms with Gasteiger partial charge in [0.05, 0.1) is 17.3 Å². The Balaban J connectivity index is 1.24. The zero-order valence-corrected chi connectivity index (χ0v) is 23.9. The van der Waals surface area contributed by atoms with E-state index >= 15 is 0 Å². The summed E-state index contributed by atoms with van der Waals surface area (Å²) >= 11 is 0. The molecule has 5 rings (SSSR count). The SMILES string of the molecule is CC[C@@H](Nc1c(Nc2cccc(C(=O)N3CCCC(NC(=O)NCc4ccccc4)C3)c2O)c(=O)c1=O)c1ccccc1. The van der Waals surface area contributed by atoms with Gasteiger partial charge < -0.3 is 31.3 Å². The van der Waals surface area contributed by atoms with Crippen LogP contribution in [-0.2, 0) is 6.54 Å². The van der Waals surface area contributed by atoms with Crippen molar-refractivity contribution in [2.24, 2.45) is 0 Å². The van der Waals surface area contributed by atoms with E-state index in [1.165, 1.54) is 6.07 Å². The first-order valence-electron chi connectivity index (χ1n) is 14.5. The van der Waals surface area contributed by atoms with E-state index in [0.717, 1.165) is 17.5 Å². The number of hydrogen-bond acceptors (Lipinski definition) is 7. The molecular formula is C33H35N5O5. The topological polar surface area (TPSA) is 140 Å². The first-order chi connectivity index (χ1) is 20.9. The van der Waals surface area contributed by atoms with Gasteiger partial charge in [0.1, 0.15) is 11.4 Å². The van der Waals surface area contributed by atoms with Gasteiger partial charge in [-0.15, -0.1) is 0 Å². The van der Waals surface area contributed by atoms with E-state index in [1.54, 1.807) is 17.0 Å². The zero-order chi connectivity index (χ0) is 30.3. The van der Waals surface area contributed by atoms with Crippen molar-refractivity contribution < 1.29 is 14.7 Å². The van der Waals surface area contributed by atoms with Crippen LogP contribution in [-0.4, -0.2) is 41.1 Å². The number of carbonyl (C=O) groups is 2. The third-order valence-electron chi connectivity index (χ3n) is 7.70. The fourth-order valence-corrected chi connectivity index (χ4v) is 5.35. The molecule has 0 saturated carbocycles. The summed E-state index contributed by atoms with van der Waals surface area (Å²) in [5.41, 5.74) is 1.01. The number of phenolic OH excluding ortho intramolecular Hbond substituents is 1. The molecule has 4 aromatic carbocycles. The van der Waals surface area contributed by atoms with Crippen molar-refractivity contribution in [1.29, 1.82) is 0 Å². The monoisotopic (exact) mass is 581 g/mol. The minimum Gasteiger partial charge on any atom is -0.505 e. The summed E-state index contributed by atoms with van der Waals surface area (Å²) in [5, 5.41) is 22.9. The number of amides is 3. The summed E-state index contributed by atoms with van der Waals surface area (Å²) in [6.45, 7) is 3.13. The second kappa shape index (κ2) is 13.2. The van der Waals surface area contributed by atoms with Gasteiger partial charge in [0.2, 0.25) is 0 Å². The molecule has 43 heavy (non-hydrogen) atoms. The number of para-hydroxylation sites is 1. The molecule has 1 saturated heterocycles. The van der Waals surface area contributed by atoms with Crippen LogP contribution in [0, 0.1) is 0 Å². The molecule has 5 N–H and O–H groups in total. The van der Waals surface area contributed by atoms with E-state index in [4.69, 9.17) is 0 Å². The second-order valence-corrected chi connectivity index (χ2v) is 10.7. The average Bonchev–Trinajstić information content (AvgIpc) is 3.04. The molecule has 4 aromatic rings. The van der Waals surface area contributed by atoms with Crippen LogP contribution in [0.25, 0.3) is 0 Å². The molecule has 10 heteroatoms. The van der Waals surface area contributed by atoms with Crippen molar-refractivity contribution in [2.75, 3.05) is 23.7 Å². The number of aromatic hydroxyl groups is 1. The lowest BCUT2D eigenvalue weighted by atomic mass is 10.0. The fourth-order valence-electron chi connectivity index (χ4n) is 5.35. The molecule has 0 spiro atoms. The quantitative estimate of drug-likeness (QED) is 0.138. The highest BCUT2D eigenvalue weighted by Gasteiger charge is 2.29. The van der Waals surface area contributed by atoms with E-state index in [9.17, 15) is 24.3 Å². The lowest BCUT2D eigenvalue weighted by Gasteiger charge is -2.33. The molecule has 0 aliphatic carbocycles. The highest BCUT2D eigenvalue weighted by atomic mass is 16.3. The highest BCUT2D eigenvalue weighted by molar-refractivity contribution is 5.99. The molecule has 1 heterocycles.